The van der Waals surface area contributed by atoms with Crippen molar-refractivity contribution in [3.63, 3.8) is 0 Å². The highest BCUT2D eigenvalue weighted by Crippen LogP contribution is 2.29. The summed E-state index contributed by atoms with van der Waals surface area (Å²) in [5, 5.41) is 3.88. The van der Waals surface area contributed by atoms with Gasteiger partial charge in [0, 0.05) is 26.3 Å². The van der Waals surface area contributed by atoms with Gasteiger partial charge in [0.1, 0.15) is 12.4 Å². The van der Waals surface area contributed by atoms with Gasteiger partial charge in [0.2, 0.25) is 5.91 Å². The lowest BCUT2D eigenvalue weighted by molar-refractivity contribution is -0.120. The zero-order valence-electron chi connectivity index (χ0n) is 13.3. The highest BCUT2D eigenvalue weighted by molar-refractivity contribution is 6.39. The molecule has 0 atom stereocenters. The Morgan fingerprint density at radius 3 is 2.31 bits per heavy atom. The Morgan fingerprint density at radius 2 is 1.73 bits per heavy atom. The Bertz CT molecular complexity index is 874. The van der Waals surface area contributed by atoms with Crippen molar-refractivity contribution in [3.05, 3.63) is 62.6 Å². The third-order valence-electron chi connectivity index (χ3n) is 3.59. The first kappa shape index (κ1) is 18.5. The summed E-state index contributed by atoms with van der Waals surface area (Å²) >= 11 is 18.1. The van der Waals surface area contributed by atoms with Crippen LogP contribution in [0.4, 0.5) is 5.69 Å². The molecule has 0 spiro atoms. The number of benzene rings is 2. The fraction of sp³-hybridized carbons (Fsp3) is 0.118. The quantitative estimate of drug-likeness (QED) is 0.722. The molecule has 3 rings (SSSR count). The predicted octanol–water partition coefficient (Wildman–Crippen LogP) is 3.21. The third-order valence-corrected chi connectivity index (χ3v) is 4.48. The van der Waals surface area contributed by atoms with Crippen molar-refractivity contribution < 1.29 is 9.59 Å². The van der Waals surface area contributed by atoms with E-state index in [1.54, 1.807) is 36.4 Å². The van der Waals surface area contributed by atoms with Crippen molar-refractivity contribution in [2.75, 3.05) is 11.9 Å². The largest absolute Gasteiger partial charge is 0.326 e. The average Bonchev–Trinajstić information content (AvgIpc) is 2.59. The van der Waals surface area contributed by atoms with Crippen molar-refractivity contribution in [2.24, 2.45) is 4.99 Å². The summed E-state index contributed by atoms with van der Waals surface area (Å²) in [6.45, 7) is 0.0728. The van der Waals surface area contributed by atoms with Crippen LogP contribution in [0, 0.1) is 0 Å². The highest BCUT2D eigenvalue weighted by atomic mass is 35.5. The van der Waals surface area contributed by atoms with Crippen LogP contribution in [-0.2, 0) is 16.0 Å². The summed E-state index contributed by atoms with van der Waals surface area (Å²) in [4.78, 5) is 27.4. The van der Waals surface area contributed by atoms with Gasteiger partial charge in [0.25, 0.3) is 5.91 Å². The van der Waals surface area contributed by atoms with Gasteiger partial charge in [-0.2, -0.15) is 0 Å². The van der Waals surface area contributed by atoms with Gasteiger partial charge in [-0.1, -0.05) is 34.8 Å². The molecular formula is C17H13Cl3N4O2. The van der Waals surface area contributed by atoms with E-state index in [0.29, 0.717) is 32.2 Å². The maximum absolute atomic E-state index is 12.2. The predicted molar refractivity (Wildman–Crippen MR) is 103 cm³/mol. The molecule has 26 heavy (non-hydrogen) atoms. The summed E-state index contributed by atoms with van der Waals surface area (Å²) in [6, 6.07) is 10.1. The van der Waals surface area contributed by atoms with Gasteiger partial charge in [-0.3, -0.25) is 25.4 Å². The van der Waals surface area contributed by atoms with E-state index >= 15 is 0 Å². The summed E-state index contributed by atoms with van der Waals surface area (Å²) in [5.74, 6) is 0.101. The summed E-state index contributed by atoms with van der Waals surface area (Å²) in [7, 11) is 0. The topological polar surface area (TPSA) is 82.6 Å². The zero-order valence-corrected chi connectivity index (χ0v) is 15.5. The molecule has 0 aromatic heterocycles. The lowest BCUT2D eigenvalue weighted by Gasteiger charge is -2.16. The monoisotopic (exact) mass is 410 g/mol. The number of carbonyl (C=O) groups is 2. The van der Waals surface area contributed by atoms with Crippen molar-refractivity contribution in [1.29, 1.82) is 0 Å². The molecule has 0 fully saturated rings. The summed E-state index contributed by atoms with van der Waals surface area (Å²) in [6.07, 6.45) is 0.0247. The Labute approximate surface area is 164 Å². The normalized spacial score (nSPS) is 13.5. The number of rotatable bonds is 4. The van der Waals surface area contributed by atoms with Crippen molar-refractivity contribution in [1.82, 2.24) is 10.9 Å². The number of nitrogens with one attached hydrogen (secondary N) is 3. The first-order chi connectivity index (χ1) is 12.4. The number of hydrogen-bond acceptors (Lipinski definition) is 4. The number of aliphatic imine (C=N–C) groups is 1. The second-order valence-electron chi connectivity index (χ2n) is 5.49. The second-order valence-corrected chi connectivity index (χ2v) is 6.74. The number of nitrogens with zero attached hydrogens (tertiary/aromatic N) is 1. The molecule has 9 heteroatoms. The SMILES string of the molecule is O=C1CN=C(c2ccc(NC(=O)Cc3c(Cl)cc(Cl)cc3Cl)cc2)NN1. The third kappa shape index (κ3) is 4.46. The standard InChI is InChI=1S/C17H13Cl3N4O2/c18-10-5-13(19)12(14(20)6-10)7-15(25)22-11-3-1-9(2-4-11)17-21-8-16(26)23-24-17/h1-6H,7-8H2,(H,21,24)(H,22,25)(H,23,26). The fourth-order valence-electron chi connectivity index (χ4n) is 2.34. The number of halogens is 3. The molecule has 3 N–H and O–H groups in total. The Balaban J connectivity index is 1.66. The Hall–Kier alpha value is -2.28. The second kappa shape index (κ2) is 7.95. The van der Waals surface area contributed by atoms with Crippen LogP contribution >= 0.6 is 34.8 Å². The van der Waals surface area contributed by atoms with Gasteiger partial charge in [0.05, 0.1) is 6.42 Å². The first-order valence-electron chi connectivity index (χ1n) is 7.55. The molecule has 0 saturated heterocycles. The van der Waals surface area contributed by atoms with Crippen molar-refractivity contribution in [3.8, 4) is 0 Å². The minimum absolute atomic E-state index is 0.0247. The van der Waals surface area contributed by atoms with Gasteiger partial charge >= 0.3 is 0 Å². The first-order valence-corrected chi connectivity index (χ1v) is 8.69. The number of hydrogen-bond donors (Lipinski definition) is 3. The van der Waals surface area contributed by atoms with Gasteiger partial charge in [0.15, 0.2) is 0 Å². The number of hydrazine groups is 1. The summed E-state index contributed by atoms with van der Waals surface area (Å²) < 4.78 is 0. The maximum Gasteiger partial charge on any atom is 0.260 e. The van der Waals surface area contributed by atoms with Gasteiger partial charge < -0.3 is 5.32 Å². The molecule has 0 aliphatic carbocycles. The molecule has 1 aliphatic heterocycles. The van der Waals surface area contributed by atoms with Crippen molar-refractivity contribution in [2.45, 2.75) is 6.42 Å². The molecule has 0 radical (unpaired) electrons. The molecule has 0 saturated carbocycles. The van der Waals surface area contributed by atoms with Crippen LogP contribution in [0.5, 0.6) is 0 Å². The van der Waals surface area contributed by atoms with Gasteiger partial charge in [-0.15, -0.1) is 0 Å². The van der Waals surface area contributed by atoms with Crippen LogP contribution in [0.2, 0.25) is 15.1 Å². The van der Waals surface area contributed by atoms with E-state index < -0.39 is 0 Å². The Kier molecular flexibility index (Phi) is 5.66. The number of carbonyl (C=O) groups excluding carboxylic acids is 2. The molecular weight excluding hydrogens is 399 g/mol. The minimum Gasteiger partial charge on any atom is -0.326 e. The van der Waals surface area contributed by atoms with E-state index in [1.165, 1.54) is 0 Å². The highest BCUT2D eigenvalue weighted by Gasteiger charge is 2.14. The molecule has 6 nitrogen and oxygen atoms in total. The average molecular weight is 412 g/mol. The van der Waals surface area contributed by atoms with E-state index in [4.69, 9.17) is 34.8 Å². The van der Waals surface area contributed by atoms with E-state index in [-0.39, 0.29) is 24.8 Å². The lowest BCUT2D eigenvalue weighted by Crippen LogP contribution is -2.47. The maximum atomic E-state index is 12.2. The van der Waals surface area contributed by atoms with Gasteiger partial charge in [-0.25, -0.2) is 0 Å². The van der Waals surface area contributed by atoms with E-state index in [9.17, 15) is 9.59 Å². The molecule has 1 aliphatic rings. The number of amidine groups is 1. The lowest BCUT2D eigenvalue weighted by atomic mass is 10.1. The smallest absolute Gasteiger partial charge is 0.260 e. The molecule has 2 aromatic rings. The summed E-state index contributed by atoms with van der Waals surface area (Å²) in [5.41, 5.74) is 7.13. The van der Waals surface area contributed by atoms with Crippen LogP contribution in [0.15, 0.2) is 41.4 Å². The van der Waals surface area contributed by atoms with Crippen LogP contribution in [0.1, 0.15) is 11.1 Å². The van der Waals surface area contributed by atoms with Crippen LogP contribution in [-0.4, -0.2) is 24.2 Å². The molecule has 2 amide bonds. The number of amides is 2. The minimum atomic E-state index is -0.260. The van der Waals surface area contributed by atoms with Gasteiger partial charge in [-0.05, 0) is 42.0 Å². The van der Waals surface area contributed by atoms with E-state index in [1.807, 2.05) is 0 Å². The number of anilines is 1. The molecule has 2 aromatic carbocycles. The van der Waals surface area contributed by atoms with Crippen LogP contribution < -0.4 is 16.2 Å². The molecule has 134 valence electrons. The van der Waals surface area contributed by atoms with Crippen LogP contribution in [0.25, 0.3) is 0 Å². The molecule has 0 unspecified atom stereocenters. The molecule has 1 heterocycles. The van der Waals surface area contributed by atoms with Crippen molar-refractivity contribution >= 4 is 58.1 Å². The zero-order chi connectivity index (χ0) is 18.7. The van der Waals surface area contributed by atoms with E-state index in [0.717, 1.165) is 5.56 Å². The van der Waals surface area contributed by atoms with Crippen LogP contribution in [0.3, 0.4) is 0 Å². The fourth-order valence-corrected chi connectivity index (χ4v) is 3.29. The molecule has 0 bridgehead atoms. The Morgan fingerprint density at radius 1 is 1.08 bits per heavy atom. The van der Waals surface area contributed by atoms with E-state index in [2.05, 4.69) is 21.2 Å².